The molecule has 2 heterocycles. The zero-order chi connectivity index (χ0) is 12.1. The third-order valence-electron chi connectivity index (χ3n) is 2.71. The Bertz CT molecular complexity index is 325. The van der Waals surface area contributed by atoms with Crippen LogP contribution in [0.25, 0.3) is 0 Å². The number of thiazole rings is 1. The highest BCUT2D eigenvalue weighted by molar-refractivity contribution is 7.99. The highest BCUT2D eigenvalue weighted by Gasteiger charge is 2.21. The summed E-state index contributed by atoms with van der Waals surface area (Å²) in [6.07, 6.45) is 2.45. The van der Waals surface area contributed by atoms with Gasteiger partial charge in [0.05, 0.1) is 12.3 Å². The Morgan fingerprint density at radius 1 is 1.53 bits per heavy atom. The maximum atomic E-state index is 5.80. The van der Waals surface area contributed by atoms with Gasteiger partial charge in [-0.1, -0.05) is 13.3 Å². The molecule has 0 bridgehead atoms. The molecule has 1 saturated heterocycles. The van der Waals surface area contributed by atoms with Gasteiger partial charge in [-0.05, 0) is 13.5 Å². The predicted molar refractivity (Wildman–Crippen MR) is 74.9 cm³/mol. The standard InChI is InChI=1S/C12H20N2OS2/c1-3-4-9-11(7-13-2)17-12(14-9)10-8-16-6-5-15-10/h10,13H,3-8H2,1-2H3. The number of ether oxygens (including phenoxy) is 1. The number of nitrogens with zero attached hydrogens (tertiary/aromatic N) is 1. The first-order valence-corrected chi connectivity index (χ1v) is 8.14. The average molecular weight is 272 g/mol. The Morgan fingerprint density at radius 3 is 3.06 bits per heavy atom. The van der Waals surface area contributed by atoms with Crippen LogP contribution in [0.15, 0.2) is 0 Å². The minimum atomic E-state index is 0.222. The van der Waals surface area contributed by atoms with Crippen molar-refractivity contribution in [2.75, 3.05) is 25.2 Å². The van der Waals surface area contributed by atoms with E-state index in [1.165, 1.54) is 15.6 Å². The van der Waals surface area contributed by atoms with E-state index in [-0.39, 0.29) is 6.10 Å². The van der Waals surface area contributed by atoms with Gasteiger partial charge in [0.2, 0.25) is 0 Å². The van der Waals surface area contributed by atoms with Gasteiger partial charge in [-0.25, -0.2) is 4.98 Å². The summed E-state index contributed by atoms with van der Waals surface area (Å²) in [4.78, 5) is 6.16. The largest absolute Gasteiger partial charge is 0.369 e. The summed E-state index contributed by atoms with van der Waals surface area (Å²) in [5, 5.41) is 4.40. The molecule has 0 aromatic carbocycles. The van der Waals surface area contributed by atoms with Gasteiger partial charge in [0.1, 0.15) is 11.1 Å². The van der Waals surface area contributed by atoms with E-state index in [4.69, 9.17) is 9.72 Å². The minimum absolute atomic E-state index is 0.222. The number of nitrogens with one attached hydrogen (secondary N) is 1. The second-order valence-corrected chi connectivity index (χ2v) is 6.40. The van der Waals surface area contributed by atoms with E-state index < -0.39 is 0 Å². The van der Waals surface area contributed by atoms with E-state index in [1.54, 1.807) is 0 Å². The van der Waals surface area contributed by atoms with Crippen LogP contribution in [0.2, 0.25) is 0 Å². The molecular weight excluding hydrogens is 252 g/mol. The van der Waals surface area contributed by atoms with Crippen molar-refractivity contribution in [3.8, 4) is 0 Å². The normalized spacial score (nSPS) is 20.7. The average Bonchev–Trinajstić information content (AvgIpc) is 2.75. The molecule has 0 saturated carbocycles. The highest BCUT2D eigenvalue weighted by Crippen LogP contribution is 2.31. The minimum Gasteiger partial charge on any atom is -0.369 e. The predicted octanol–water partition coefficient (Wildman–Crippen LogP) is 2.62. The Labute approximate surface area is 111 Å². The highest BCUT2D eigenvalue weighted by atomic mass is 32.2. The molecule has 0 spiro atoms. The summed E-state index contributed by atoms with van der Waals surface area (Å²) < 4.78 is 5.80. The molecule has 5 heteroatoms. The fourth-order valence-corrected chi connectivity index (χ4v) is 4.03. The van der Waals surface area contributed by atoms with Crippen molar-refractivity contribution in [2.24, 2.45) is 0 Å². The fourth-order valence-electron chi connectivity index (χ4n) is 1.90. The van der Waals surface area contributed by atoms with Gasteiger partial charge in [0.15, 0.2) is 0 Å². The van der Waals surface area contributed by atoms with E-state index in [9.17, 15) is 0 Å². The van der Waals surface area contributed by atoms with Gasteiger partial charge < -0.3 is 10.1 Å². The van der Waals surface area contributed by atoms with Crippen LogP contribution in [0.5, 0.6) is 0 Å². The first-order chi connectivity index (χ1) is 8.35. The Morgan fingerprint density at radius 2 is 2.41 bits per heavy atom. The van der Waals surface area contributed by atoms with E-state index in [0.29, 0.717) is 0 Å². The van der Waals surface area contributed by atoms with Crippen molar-refractivity contribution >= 4 is 23.1 Å². The number of aryl methyl sites for hydroxylation is 1. The summed E-state index contributed by atoms with van der Waals surface area (Å²) in [6, 6.07) is 0. The van der Waals surface area contributed by atoms with E-state index in [1.807, 2.05) is 30.1 Å². The summed E-state index contributed by atoms with van der Waals surface area (Å²) in [5.74, 6) is 2.17. The lowest BCUT2D eigenvalue weighted by atomic mass is 10.2. The van der Waals surface area contributed by atoms with Crippen molar-refractivity contribution in [3.05, 3.63) is 15.6 Å². The van der Waals surface area contributed by atoms with Crippen molar-refractivity contribution < 1.29 is 4.74 Å². The van der Waals surface area contributed by atoms with Crippen molar-refractivity contribution in [3.63, 3.8) is 0 Å². The van der Waals surface area contributed by atoms with Gasteiger partial charge in [0.25, 0.3) is 0 Å². The lowest BCUT2D eigenvalue weighted by Crippen LogP contribution is -2.15. The third kappa shape index (κ3) is 3.44. The van der Waals surface area contributed by atoms with Gasteiger partial charge in [-0.15, -0.1) is 11.3 Å². The van der Waals surface area contributed by atoms with Crippen LogP contribution >= 0.6 is 23.1 Å². The molecule has 1 N–H and O–H groups in total. The summed E-state index contributed by atoms with van der Waals surface area (Å²) in [5.41, 5.74) is 1.26. The van der Waals surface area contributed by atoms with E-state index >= 15 is 0 Å². The van der Waals surface area contributed by atoms with Crippen LogP contribution in [0, 0.1) is 0 Å². The van der Waals surface area contributed by atoms with E-state index in [0.717, 1.165) is 37.5 Å². The molecule has 1 aromatic rings. The first kappa shape index (κ1) is 13.3. The molecule has 3 nitrogen and oxygen atoms in total. The fraction of sp³-hybridized carbons (Fsp3) is 0.750. The number of rotatable bonds is 5. The van der Waals surface area contributed by atoms with Crippen LogP contribution in [0.3, 0.4) is 0 Å². The number of hydrogen-bond donors (Lipinski definition) is 1. The Balaban J connectivity index is 2.13. The van der Waals surface area contributed by atoms with E-state index in [2.05, 4.69) is 12.2 Å². The zero-order valence-electron chi connectivity index (χ0n) is 10.5. The van der Waals surface area contributed by atoms with Crippen LogP contribution in [-0.4, -0.2) is 30.1 Å². The molecule has 1 fully saturated rings. The van der Waals surface area contributed by atoms with Crippen LogP contribution in [0.4, 0.5) is 0 Å². The molecule has 0 radical (unpaired) electrons. The van der Waals surface area contributed by atoms with Gasteiger partial charge >= 0.3 is 0 Å². The number of thioether (sulfide) groups is 1. The van der Waals surface area contributed by atoms with Crippen LogP contribution in [0.1, 0.15) is 35.0 Å². The Hall–Kier alpha value is -0.100. The lowest BCUT2D eigenvalue weighted by Gasteiger charge is -2.19. The first-order valence-electron chi connectivity index (χ1n) is 6.17. The molecule has 1 aliphatic rings. The molecular formula is C12H20N2OS2. The molecule has 0 aliphatic carbocycles. The molecule has 0 amide bonds. The van der Waals surface area contributed by atoms with Crippen LogP contribution < -0.4 is 5.32 Å². The summed E-state index contributed by atoms with van der Waals surface area (Å²) in [7, 11) is 1.99. The summed E-state index contributed by atoms with van der Waals surface area (Å²) >= 11 is 3.78. The molecule has 1 aromatic heterocycles. The van der Waals surface area contributed by atoms with Gasteiger partial charge in [-0.2, -0.15) is 11.8 Å². The summed E-state index contributed by atoms with van der Waals surface area (Å²) in [6.45, 7) is 3.99. The second-order valence-electron chi connectivity index (χ2n) is 4.14. The van der Waals surface area contributed by atoms with Crippen LogP contribution in [-0.2, 0) is 17.7 Å². The molecule has 96 valence electrons. The molecule has 2 rings (SSSR count). The maximum absolute atomic E-state index is 5.80. The lowest BCUT2D eigenvalue weighted by molar-refractivity contribution is 0.0754. The van der Waals surface area contributed by atoms with Crippen molar-refractivity contribution in [2.45, 2.75) is 32.4 Å². The molecule has 1 aliphatic heterocycles. The zero-order valence-corrected chi connectivity index (χ0v) is 12.1. The van der Waals surface area contributed by atoms with Gasteiger partial charge in [0, 0.05) is 22.9 Å². The topological polar surface area (TPSA) is 34.1 Å². The quantitative estimate of drug-likeness (QED) is 0.893. The number of aromatic nitrogens is 1. The van der Waals surface area contributed by atoms with Crippen molar-refractivity contribution in [1.82, 2.24) is 10.3 Å². The van der Waals surface area contributed by atoms with Gasteiger partial charge in [-0.3, -0.25) is 0 Å². The maximum Gasteiger partial charge on any atom is 0.123 e. The van der Waals surface area contributed by atoms with Crippen molar-refractivity contribution in [1.29, 1.82) is 0 Å². The SMILES string of the molecule is CCCc1nc(C2CSCCO2)sc1CNC. The number of hydrogen-bond acceptors (Lipinski definition) is 5. The monoisotopic (exact) mass is 272 g/mol. The molecule has 1 atom stereocenters. The second kappa shape index (κ2) is 6.73. The third-order valence-corrected chi connectivity index (χ3v) is 4.89. The molecule has 1 unspecified atom stereocenters. The smallest absolute Gasteiger partial charge is 0.123 e. The Kier molecular flexibility index (Phi) is 5.28. The molecule has 17 heavy (non-hydrogen) atoms.